The molecule has 2 N–H and O–H groups in total. The number of nitrogens with two attached hydrogens (primary N) is 1. The van der Waals surface area contributed by atoms with Crippen LogP contribution in [0.4, 0.5) is 0 Å². The average molecular weight is 181 g/mol. The summed E-state index contributed by atoms with van der Waals surface area (Å²) in [6.07, 6.45) is 2.92. The van der Waals surface area contributed by atoms with Gasteiger partial charge in [0, 0.05) is 18.4 Å². The second kappa shape index (κ2) is 3.38. The van der Waals surface area contributed by atoms with E-state index >= 15 is 0 Å². The van der Waals surface area contributed by atoms with E-state index < -0.39 is 11.5 Å². The highest BCUT2D eigenvalue weighted by Crippen LogP contribution is 1.98. The van der Waals surface area contributed by atoms with E-state index in [2.05, 4.69) is 4.98 Å². The molecular formula is C8H11N3O2. The minimum Gasteiger partial charge on any atom is -0.364 e. The summed E-state index contributed by atoms with van der Waals surface area (Å²) in [5.41, 5.74) is 4.32. The van der Waals surface area contributed by atoms with Crippen LogP contribution in [0.5, 0.6) is 0 Å². The van der Waals surface area contributed by atoms with Gasteiger partial charge in [-0.15, -0.1) is 0 Å². The first kappa shape index (κ1) is 9.44. The van der Waals surface area contributed by atoms with Crippen molar-refractivity contribution in [1.82, 2.24) is 9.55 Å². The molecule has 13 heavy (non-hydrogen) atoms. The number of amides is 1. The molecule has 0 radical (unpaired) electrons. The maximum atomic E-state index is 11.5. The second-order valence-corrected chi connectivity index (χ2v) is 2.95. The van der Waals surface area contributed by atoms with Gasteiger partial charge in [-0.2, -0.15) is 0 Å². The Hall–Kier alpha value is -1.65. The summed E-state index contributed by atoms with van der Waals surface area (Å²) in [5, 5.41) is 0. The highest BCUT2D eigenvalue weighted by atomic mass is 16.2. The van der Waals surface area contributed by atoms with Crippen molar-refractivity contribution in [3.63, 3.8) is 0 Å². The number of carbonyl (C=O) groups is 1. The van der Waals surface area contributed by atoms with Crippen LogP contribution in [0.25, 0.3) is 0 Å². The summed E-state index contributed by atoms with van der Waals surface area (Å²) in [6, 6.07) is -0.00593. The summed E-state index contributed by atoms with van der Waals surface area (Å²) < 4.78 is 1.41. The zero-order chi connectivity index (χ0) is 10.0. The normalized spacial score (nSPS) is 10.4. The number of rotatable bonds is 2. The van der Waals surface area contributed by atoms with Gasteiger partial charge in [-0.3, -0.25) is 9.59 Å². The van der Waals surface area contributed by atoms with E-state index in [9.17, 15) is 9.59 Å². The van der Waals surface area contributed by atoms with Gasteiger partial charge in [-0.25, -0.2) is 4.98 Å². The Morgan fingerprint density at radius 1 is 1.62 bits per heavy atom. The van der Waals surface area contributed by atoms with Crippen LogP contribution in [-0.2, 0) is 0 Å². The molecule has 0 bridgehead atoms. The molecule has 0 aliphatic heterocycles. The fraction of sp³-hybridized carbons (Fsp3) is 0.375. The van der Waals surface area contributed by atoms with E-state index in [-0.39, 0.29) is 11.7 Å². The molecule has 1 aromatic rings. The smallest absolute Gasteiger partial charge is 0.282 e. The van der Waals surface area contributed by atoms with Crippen LogP contribution in [0.2, 0.25) is 0 Å². The number of aromatic nitrogens is 2. The molecule has 0 aliphatic carbocycles. The molecule has 0 saturated carbocycles. The Balaban J connectivity index is 3.36. The van der Waals surface area contributed by atoms with E-state index in [1.807, 2.05) is 13.8 Å². The third kappa shape index (κ3) is 1.74. The predicted molar refractivity (Wildman–Crippen MR) is 47.4 cm³/mol. The van der Waals surface area contributed by atoms with E-state index in [4.69, 9.17) is 5.73 Å². The van der Waals surface area contributed by atoms with Crippen LogP contribution in [0.3, 0.4) is 0 Å². The summed E-state index contributed by atoms with van der Waals surface area (Å²) in [5.74, 6) is -0.792. The van der Waals surface area contributed by atoms with Gasteiger partial charge in [0.1, 0.15) is 0 Å². The van der Waals surface area contributed by atoms with Crippen molar-refractivity contribution < 1.29 is 4.79 Å². The van der Waals surface area contributed by atoms with Crippen molar-refractivity contribution in [2.75, 3.05) is 0 Å². The van der Waals surface area contributed by atoms with E-state index in [0.29, 0.717) is 0 Å². The predicted octanol–water partition coefficient (Wildman–Crippen LogP) is -0.0769. The van der Waals surface area contributed by atoms with Gasteiger partial charge < -0.3 is 10.3 Å². The molecule has 0 atom stereocenters. The topological polar surface area (TPSA) is 78.0 Å². The van der Waals surface area contributed by atoms with Gasteiger partial charge in [-0.1, -0.05) is 0 Å². The molecule has 1 rings (SSSR count). The summed E-state index contributed by atoms with van der Waals surface area (Å²) in [6.45, 7) is 3.68. The summed E-state index contributed by atoms with van der Waals surface area (Å²) in [4.78, 5) is 25.8. The van der Waals surface area contributed by atoms with E-state index in [1.165, 1.54) is 17.0 Å². The minimum absolute atomic E-state index is 0.00593. The first-order valence-corrected chi connectivity index (χ1v) is 3.91. The molecule has 0 saturated heterocycles. The molecule has 1 amide bonds. The van der Waals surface area contributed by atoms with E-state index in [1.54, 1.807) is 0 Å². The SMILES string of the molecule is CC(C)n1ccnc(C(N)=O)c1=O. The maximum absolute atomic E-state index is 11.5. The lowest BCUT2D eigenvalue weighted by molar-refractivity contribution is 0.0993. The van der Waals surface area contributed by atoms with Gasteiger partial charge in [0.2, 0.25) is 0 Å². The lowest BCUT2D eigenvalue weighted by Gasteiger charge is -2.08. The standard InChI is InChI=1S/C8H11N3O2/c1-5(2)11-4-3-10-6(7(9)12)8(11)13/h3-5H,1-2H3,(H2,9,12). The highest BCUT2D eigenvalue weighted by molar-refractivity contribution is 5.90. The zero-order valence-corrected chi connectivity index (χ0v) is 7.52. The van der Waals surface area contributed by atoms with Crippen LogP contribution in [0.15, 0.2) is 17.2 Å². The third-order valence-corrected chi connectivity index (χ3v) is 1.66. The first-order valence-electron chi connectivity index (χ1n) is 3.91. The number of hydrogen-bond acceptors (Lipinski definition) is 3. The Labute approximate surface area is 75.2 Å². The fourth-order valence-electron chi connectivity index (χ4n) is 1.00. The Morgan fingerprint density at radius 2 is 2.23 bits per heavy atom. The van der Waals surface area contributed by atoms with Gasteiger partial charge >= 0.3 is 0 Å². The van der Waals surface area contributed by atoms with Crippen molar-refractivity contribution in [2.45, 2.75) is 19.9 Å². The molecule has 0 spiro atoms. The van der Waals surface area contributed by atoms with Crippen LogP contribution in [0, 0.1) is 0 Å². The van der Waals surface area contributed by atoms with Crippen LogP contribution in [0.1, 0.15) is 30.4 Å². The number of primary amides is 1. The lowest BCUT2D eigenvalue weighted by Crippen LogP contribution is -2.31. The number of hydrogen-bond donors (Lipinski definition) is 1. The van der Waals surface area contributed by atoms with Gasteiger partial charge in [-0.05, 0) is 13.8 Å². The minimum atomic E-state index is -0.792. The van der Waals surface area contributed by atoms with Crippen LogP contribution < -0.4 is 11.3 Å². The molecule has 0 aromatic carbocycles. The number of nitrogens with zero attached hydrogens (tertiary/aromatic N) is 2. The third-order valence-electron chi connectivity index (χ3n) is 1.66. The molecule has 1 aromatic heterocycles. The second-order valence-electron chi connectivity index (χ2n) is 2.95. The molecule has 0 unspecified atom stereocenters. The largest absolute Gasteiger partial charge is 0.364 e. The van der Waals surface area contributed by atoms with Crippen molar-refractivity contribution in [2.24, 2.45) is 5.73 Å². The first-order chi connectivity index (χ1) is 6.04. The van der Waals surface area contributed by atoms with Crippen molar-refractivity contribution in [3.8, 4) is 0 Å². The lowest BCUT2D eigenvalue weighted by atomic mass is 10.3. The highest BCUT2D eigenvalue weighted by Gasteiger charge is 2.10. The monoisotopic (exact) mass is 181 g/mol. The van der Waals surface area contributed by atoms with Gasteiger partial charge in [0.05, 0.1) is 0 Å². The Morgan fingerprint density at radius 3 is 2.69 bits per heavy atom. The van der Waals surface area contributed by atoms with Crippen molar-refractivity contribution in [3.05, 3.63) is 28.4 Å². The molecule has 70 valence electrons. The quantitative estimate of drug-likeness (QED) is 0.693. The Kier molecular flexibility index (Phi) is 2.46. The molecule has 5 nitrogen and oxygen atoms in total. The summed E-state index contributed by atoms with van der Waals surface area (Å²) in [7, 11) is 0. The molecule has 0 aliphatic rings. The molecule has 1 heterocycles. The van der Waals surface area contributed by atoms with Crippen molar-refractivity contribution in [1.29, 1.82) is 0 Å². The number of carbonyl (C=O) groups excluding carboxylic acids is 1. The molecule has 5 heteroatoms. The van der Waals surface area contributed by atoms with Gasteiger partial charge in [0.15, 0.2) is 5.69 Å². The van der Waals surface area contributed by atoms with E-state index in [0.717, 1.165) is 0 Å². The van der Waals surface area contributed by atoms with Gasteiger partial charge in [0.25, 0.3) is 11.5 Å². The molecular weight excluding hydrogens is 170 g/mol. The maximum Gasteiger partial charge on any atom is 0.282 e. The van der Waals surface area contributed by atoms with Crippen molar-refractivity contribution >= 4 is 5.91 Å². The zero-order valence-electron chi connectivity index (χ0n) is 7.52. The molecule has 0 fully saturated rings. The average Bonchev–Trinajstić information content (AvgIpc) is 2.03. The fourth-order valence-corrected chi connectivity index (χ4v) is 1.00. The summed E-state index contributed by atoms with van der Waals surface area (Å²) >= 11 is 0. The van der Waals surface area contributed by atoms with Crippen LogP contribution in [-0.4, -0.2) is 15.5 Å². The van der Waals surface area contributed by atoms with Crippen LogP contribution >= 0.6 is 0 Å². The Bertz CT molecular complexity index is 381.